The number of rotatable bonds is 6. The molecule has 0 heterocycles. The third-order valence-corrected chi connectivity index (χ3v) is 3.15. The van der Waals surface area contributed by atoms with Gasteiger partial charge in [0.25, 0.3) is 0 Å². The lowest BCUT2D eigenvalue weighted by Gasteiger charge is -2.24. The van der Waals surface area contributed by atoms with Crippen molar-refractivity contribution in [1.82, 2.24) is 10.6 Å². The molecule has 0 amide bonds. The first kappa shape index (κ1) is 13.0. The molecule has 1 aliphatic carbocycles. The minimum Gasteiger partial charge on any atom is -0.313 e. The highest BCUT2D eigenvalue weighted by Crippen LogP contribution is 2.36. The van der Waals surface area contributed by atoms with Gasteiger partial charge >= 0.3 is 0 Å². The highest BCUT2D eigenvalue weighted by Gasteiger charge is 2.27. The van der Waals surface area contributed by atoms with Gasteiger partial charge in [-0.25, -0.2) is 0 Å². The van der Waals surface area contributed by atoms with E-state index in [2.05, 4.69) is 45.3 Å². The molecule has 1 fully saturated rings. The van der Waals surface area contributed by atoms with Crippen molar-refractivity contribution in [2.75, 3.05) is 13.1 Å². The summed E-state index contributed by atoms with van der Waals surface area (Å²) >= 11 is 0. The first-order valence-corrected chi connectivity index (χ1v) is 6.37. The fourth-order valence-corrected chi connectivity index (χ4v) is 1.75. The van der Waals surface area contributed by atoms with Crippen molar-refractivity contribution in [2.45, 2.75) is 59.0 Å². The molecule has 0 radical (unpaired) electrons. The standard InChI is InChI=1S/C13H28N2/c1-10(12-6-7-12)8-14-11(2)9-15-13(3,4)5/h10-12,14-15H,6-9H2,1-5H3. The molecule has 1 aliphatic rings. The lowest BCUT2D eigenvalue weighted by atomic mass is 10.1. The molecule has 1 rings (SSSR count). The molecule has 0 spiro atoms. The van der Waals surface area contributed by atoms with Gasteiger partial charge in [-0.1, -0.05) is 6.92 Å². The number of hydrogen-bond acceptors (Lipinski definition) is 2. The van der Waals surface area contributed by atoms with Crippen molar-refractivity contribution in [3.05, 3.63) is 0 Å². The van der Waals surface area contributed by atoms with Gasteiger partial charge in [-0.2, -0.15) is 0 Å². The zero-order chi connectivity index (χ0) is 11.5. The van der Waals surface area contributed by atoms with Crippen LogP contribution in [-0.2, 0) is 0 Å². The van der Waals surface area contributed by atoms with Gasteiger partial charge in [-0.3, -0.25) is 0 Å². The molecule has 2 heteroatoms. The Morgan fingerprint density at radius 1 is 1.13 bits per heavy atom. The predicted molar refractivity (Wildman–Crippen MR) is 67.1 cm³/mol. The second-order valence-electron chi connectivity index (χ2n) is 6.25. The van der Waals surface area contributed by atoms with Crippen molar-refractivity contribution in [3.8, 4) is 0 Å². The van der Waals surface area contributed by atoms with Gasteiger partial charge in [0, 0.05) is 18.1 Å². The van der Waals surface area contributed by atoms with Crippen LogP contribution in [0.15, 0.2) is 0 Å². The molecule has 1 saturated carbocycles. The molecule has 0 aromatic heterocycles. The van der Waals surface area contributed by atoms with Crippen LogP contribution in [0.5, 0.6) is 0 Å². The summed E-state index contributed by atoms with van der Waals surface area (Å²) < 4.78 is 0. The first-order chi connectivity index (χ1) is 6.88. The lowest BCUT2D eigenvalue weighted by molar-refractivity contribution is 0.367. The van der Waals surface area contributed by atoms with Gasteiger partial charge in [0.1, 0.15) is 0 Å². The molecule has 15 heavy (non-hydrogen) atoms. The Bertz CT molecular complexity index is 179. The van der Waals surface area contributed by atoms with Crippen LogP contribution >= 0.6 is 0 Å². The Hall–Kier alpha value is -0.0800. The maximum Gasteiger partial charge on any atom is 0.0164 e. The molecular weight excluding hydrogens is 184 g/mol. The predicted octanol–water partition coefficient (Wildman–Crippen LogP) is 2.40. The van der Waals surface area contributed by atoms with Crippen LogP contribution in [0, 0.1) is 11.8 Å². The maximum atomic E-state index is 3.61. The highest BCUT2D eigenvalue weighted by atomic mass is 15.0. The summed E-state index contributed by atoms with van der Waals surface area (Å²) in [5.74, 6) is 1.88. The van der Waals surface area contributed by atoms with Crippen LogP contribution in [0.1, 0.15) is 47.5 Å². The Kier molecular flexibility index (Phi) is 4.60. The van der Waals surface area contributed by atoms with E-state index < -0.39 is 0 Å². The summed E-state index contributed by atoms with van der Waals surface area (Å²) in [6, 6.07) is 0.574. The maximum absolute atomic E-state index is 3.61. The molecule has 0 aliphatic heterocycles. The van der Waals surface area contributed by atoms with E-state index in [4.69, 9.17) is 0 Å². The van der Waals surface area contributed by atoms with E-state index in [0.717, 1.165) is 18.4 Å². The van der Waals surface area contributed by atoms with Crippen LogP contribution in [0.2, 0.25) is 0 Å². The van der Waals surface area contributed by atoms with E-state index in [0.29, 0.717) is 6.04 Å². The molecular formula is C13H28N2. The van der Waals surface area contributed by atoms with Crippen LogP contribution in [0.3, 0.4) is 0 Å². The summed E-state index contributed by atoms with van der Waals surface area (Å²) in [5, 5.41) is 7.14. The summed E-state index contributed by atoms with van der Waals surface area (Å²) in [5.41, 5.74) is 0.234. The number of hydrogen-bond donors (Lipinski definition) is 2. The molecule has 2 unspecified atom stereocenters. The molecule has 0 aromatic rings. The van der Waals surface area contributed by atoms with Crippen LogP contribution < -0.4 is 10.6 Å². The average Bonchev–Trinajstić information content (AvgIpc) is 2.92. The lowest BCUT2D eigenvalue weighted by Crippen LogP contribution is -2.45. The van der Waals surface area contributed by atoms with Gasteiger partial charge in [-0.15, -0.1) is 0 Å². The zero-order valence-corrected chi connectivity index (χ0v) is 11.1. The zero-order valence-electron chi connectivity index (χ0n) is 11.1. The van der Waals surface area contributed by atoms with E-state index in [9.17, 15) is 0 Å². The van der Waals surface area contributed by atoms with Crippen LogP contribution in [-0.4, -0.2) is 24.7 Å². The molecule has 2 atom stereocenters. The van der Waals surface area contributed by atoms with E-state index in [1.165, 1.54) is 19.4 Å². The molecule has 0 bridgehead atoms. The van der Waals surface area contributed by atoms with Crippen molar-refractivity contribution in [1.29, 1.82) is 0 Å². The third kappa shape index (κ3) is 6.16. The van der Waals surface area contributed by atoms with Gasteiger partial charge in [0.15, 0.2) is 0 Å². The quantitative estimate of drug-likeness (QED) is 0.706. The number of nitrogens with one attached hydrogen (secondary N) is 2. The fraction of sp³-hybridized carbons (Fsp3) is 1.00. The normalized spacial score (nSPS) is 21.4. The largest absolute Gasteiger partial charge is 0.313 e. The Morgan fingerprint density at radius 2 is 1.73 bits per heavy atom. The molecule has 2 N–H and O–H groups in total. The van der Waals surface area contributed by atoms with E-state index in [-0.39, 0.29) is 5.54 Å². The van der Waals surface area contributed by atoms with Crippen molar-refractivity contribution in [3.63, 3.8) is 0 Å². The van der Waals surface area contributed by atoms with E-state index in [1.54, 1.807) is 0 Å². The summed E-state index contributed by atoms with van der Waals surface area (Å²) in [4.78, 5) is 0. The SMILES string of the molecule is CC(CNC(C)(C)C)NCC(C)C1CC1. The minimum atomic E-state index is 0.234. The third-order valence-electron chi connectivity index (χ3n) is 3.15. The summed E-state index contributed by atoms with van der Waals surface area (Å²) in [6.07, 6.45) is 2.91. The Balaban J connectivity index is 2.04. The molecule has 90 valence electrons. The first-order valence-electron chi connectivity index (χ1n) is 6.37. The minimum absolute atomic E-state index is 0.234. The van der Waals surface area contributed by atoms with Crippen LogP contribution in [0.25, 0.3) is 0 Å². The van der Waals surface area contributed by atoms with Gasteiger partial charge in [-0.05, 0) is 58.9 Å². The smallest absolute Gasteiger partial charge is 0.0164 e. The molecule has 0 aromatic carbocycles. The van der Waals surface area contributed by atoms with Crippen molar-refractivity contribution in [2.24, 2.45) is 11.8 Å². The van der Waals surface area contributed by atoms with Crippen molar-refractivity contribution >= 4 is 0 Å². The highest BCUT2D eigenvalue weighted by molar-refractivity contribution is 4.81. The fourth-order valence-electron chi connectivity index (χ4n) is 1.75. The van der Waals surface area contributed by atoms with Gasteiger partial charge in [0.2, 0.25) is 0 Å². The monoisotopic (exact) mass is 212 g/mol. The van der Waals surface area contributed by atoms with E-state index >= 15 is 0 Å². The second-order valence-corrected chi connectivity index (χ2v) is 6.25. The second kappa shape index (κ2) is 5.31. The Labute approximate surface area is 95.2 Å². The van der Waals surface area contributed by atoms with E-state index in [1.807, 2.05) is 0 Å². The average molecular weight is 212 g/mol. The summed E-state index contributed by atoms with van der Waals surface area (Å²) in [6.45, 7) is 13.5. The van der Waals surface area contributed by atoms with Gasteiger partial charge in [0.05, 0.1) is 0 Å². The molecule has 2 nitrogen and oxygen atoms in total. The van der Waals surface area contributed by atoms with Crippen molar-refractivity contribution < 1.29 is 0 Å². The van der Waals surface area contributed by atoms with Gasteiger partial charge < -0.3 is 10.6 Å². The van der Waals surface area contributed by atoms with Crippen LogP contribution in [0.4, 0.5) is 0 Å². The molecule has 0 saturated heterocycles. The summed E-state index contributed by atoms with van der Waals surface area (Å²) in [7, 11) is 0. The topological polar surface area (TPSA) is 24.1 Å². The Morgan fingerprint density at radius 3 is 2.20 bits per heavy atom.